The molecule has 3 rings (SSSR count). The summed E-state index contributed by atoms with van der Waals surface area (Å²) in [5, 5.41) is 6.31. The molecule has 0 radical (unpaired) electrons. The summed E-state index contributed by atoms with van der Waals surface area (Å²) >= 11 is 0. The molecule has 2 aliphatic rings. The van der Waals surface area contributed by atoms with E-state index in [1.807, 2.05) is 25.1 Å². The van der Waals surface area contributed by atoms with Crippen LogP contribution in [0.2, 0.25) is 0 Å². The lowest BCUT2D eigenvalue weighted by atomic mass is 9.95. The zero-order valence-corrected chi connectivity index (χ0v) is 9.82. The van der Waals surface area contributed by atoms with Crippen LogP contribution in [0.15, 0.2) is 18.2 Å². The molecule has 1 fully saturated rings. The summed E-state index contributed by atoms with van der Waals surface area (Å²) in [7, 11) is 0. The fourth-order valence-corrected chi connectivity index (χ4v) is 2.29. The summed E-state index contributed by atoms with van der Waals surface area (Å²) in [4.78, 5) is 11.9. The first-order chi connectivity index (χ1) is 8.22. The van der Waals surface area contributed by atoms with Gasteiger partial charge in [0.2, 0.25) is 0 Å². The molecule has 0 aromatic heterocycles. The Morgan fingerprint density at radius 2 is 2.24 bits per heavy atom. The molecule has 17 heavy (non-hydrogen) atoms. The number of carbonyl (C=O) groups excluding carboxylic acids is 1. The fourth-order valence-electron chi connectivity index (χ4n) is 2.29. The number of nitrogens with one attached hydrogen (secondary N) is 2. The van der Waals surface area contributed by atoms with Crippen molar-refractivity contribution in [1.29, 1.82) is 0 Å². The van der Waals surface area contributed by atoms with Crippen LogP contribution in [-0.2, 0) is 11.2 Å². The standard InChI is InChI=1S/C13H16N2O2/c1-8-4-9-2-3-10(15-11-6-17-7-11)5-12(9)13(16)14-8/h2-3,5,8,11,15H,4,6-7H2,1H3,(H,14,16). The SMILES string of the molecule is CC1Cc2ccc(NC3COC3)cc2C(=O)N1. The molecule has 1 saturated heterocycles. The topological polar surface area (TPSA) is 50.4 Å². The first-order valence-corrected chi connectivity index (χ1v) is 6.00. The van der Waals surface area contributed by atoms with E-state index in [0.717, 1.165) is 36.4 Å². The van der Waals surface area contributed by atoms with Crippen molar-refractivity contribution in [2.75, 3.05) is 18.5 Å². The quantitative estimate of drug-likeness (QED) is 0.804. The second kappa shape index (κ2) is 4.04. The third-order valence-electron chi connectivity index (χ3n) is 3.27. The van der Waals surface area contributed by atoms with Crippen LogP contribution in [0.3, 0.4) is 0 Å². The average Bonchev–Trinajstić information content (AvgIpc) is 2.24. The van der Waals surface area contributed by atoms with Gasteiger partial charge >= 0.3 is 0 Å². The highest BCUT2D eigenvalue weighted by Crippen LogP contribution is 2.22. The Labute approximate surface area is 100 Å². The predicted octanol–water partition coefficient (Wildman–Crippen LogP) is 1.17. The van der Waals surface area contributed by atoms with Gasteiger partial charge < -0.3 is 15.4 Å². The molecular formula is C13H16N2O2. The van der Waals surface area contributed by atoms with Crippen molar-refractivity contribution in [3.8, 4) is 0 Å². The van der Waals surface area contributed by atoms with E-state index in [0.29, 0.717) is 6.04 Å². The van der Waals surface area contributed by atoms with Gasteiger partial charge in [0, 0.05) is 17.3 Å². The molecule has 1 aromatic carbocycles. The third kappa shape index (κ3) is 2.00. The zero-order valence-electron chi connectivity index (χ0n) is 9.82. The normalized spacial score (nSPS) is 23.6. The van der Waals surface area contributed by atoms with Crippen LogP contribution in [0.5, 0.6) is 0 Å². The Morgan fingerprint density at radius 3 is 2.94 bits per heavy atom. The van der Waals surface area contributed by atoms with Crippen LogP contribution in [0.4, 0.5) is 5.69 Å². The smallest absolute Gasteiger partial charge is 0.251 e. The van der Waals surface area contributed by atoms with E-state index in [-0.39, 0.29) is 11.9 Å². The van der Waals surface area contributed by atoms with E-state index in [9.17, 15) is 4.79 Å². The summed E-state index contributed by atoms with van der Waals surface area (Å²) in [6, 6.07) is 6.65. The number of anilines is 1. The highest BCUT2D eigenvalue weighted by Gasteiger charge is 2.23. The lowest BCUT2D eigenvalue weighted by molar-refractivity contribution is 0.0211. The predicted molar refractivity (Wildman–Crippen MR) is 65.3 cm³/mol. The number of fused-ring (bicyclic) bond motifs is 1. The average molecular weight is 232 g/mol. The maximum atomic E-state index is 11.9. The summed E-state index contributed by atoms with van der Waals surface area (Å²) in [6.45, 7) is 3.53. The Morgan fingerprint density at radius 1 is 1.41 bits per heavy atom. The van der Waals surface area contributed by atoms with Crippen molar-refractivity contribution in [2.45, 2.75) is 25.4 Å². The number of ether oxygens (including phenoxy) is 1. The molecule has 0 spiro atoms. The molecule has 4 nitrogen and oxygen atoms in total. The summed E-state index contributed by atoms with van der Waals surface area (Å²) in [6.07, 6.45) is 0.911. The molecular weight excluding hydrogens is 216 g/mol. The summed E-state index contributed by atoms with van der Waals surface area (Å²) in [5.74, 6) is 0.0345. The monoisotopic (exact) mass is 232 g/mol. The molecule has 1 unspecified atom stereocenters. The first-order valence-electron chi connectivity index (χ1n) is 6.00. The lowest BCUT2D eigenvalue weighted by Crippen LogP contribution is -2.41. The van der Waals surface area contributed by atoms with Gasteiger partial charge in [-0.15, -0.1) is 0 Å². The highest BCUT2D eigenvalue weighted by molar-refractivity contribution is 5.97. The van der Waals surface area contributed by atoms with Crippen molar-refractivity contribution < 1.29 is 9.53 Å². The third-order valence-corrected chi connectivity index (χ3v) is 3.27. The van der Waals surface area contributed by atoms with E-state index in [1.54, 1.807) is 0 Å². The van der Waals surface area contributed by atoms with Crippen LogP contribution in [-0.4, -0.2) is 31.2 Å². The van der Waals surface area contributed by atoms with E-state index in [2.05, 4.69) is 10.6 Å². The summed E-state index contributed by atoms with van der Waals surface area (Å²) in [5.41, 5.74) is 2.94. The number of hydrogen-bond donors (Lipinski definition) is 2. The summed E-state index contributed by atoms with van der Waals surface area (Å²) < 4.78 is 5.11. The van der Waals surface area contributed by atoms with Gasteiger partial charge in [-0.1, -0.05) is 6.07 Å². The van der Waals surface area contributed by atoms with Gasteiger partial charge in [0.1, 0.15) is 0 Å². The van der Waals surface area contributed by atoms with Crippen molar-refractivity contribution >= 4 is 11.6 Å². The molecule has 90 valence electrons. The molecule has 2 aliphatic heterocycles. The molecule has 0 saturated carbocycles. The minimum atomic E-state index is 0.0345. The van der Waals surface area contributed by atoms with Gasteiger partial charge in [0.15, 0.2) is 0 Å². The van der Waals surface area contributed by atoms with Crippen molar-refractivity contribution in [3.05, 3.63) is 29.3 Å². The molecule has 0 bridgehead atoms. The van der Waals surface area contributed by atoms with E-state index in [1.165, 1.54) is 0 Å². The van der Waals surface area contributed by atoms with Gasteiger partial charge in [-0.3, -0.25) is 4.79 Å². The Balaban J connectivity index is 1.84. The fraction of sp³-hybridized carbons (Fsp3) is 0.462. The second-order valence-corrected chi connectivity index (χ2v) is 4.83. The van der Waals surface area contributed by atoms with Crippen LogP contribution < -0.4 is 10.6 Å². The van der Waals surface area contributed by atoms with Gasteiger partial charge in [0.25, 0.3) is 5.91 Å². The minimum absolute atomic E-state index is 0.0345. The van der Waals surface area contributed by atoms with Crippen LogP contribution in [0.1, 0.15) is 22.8 Å². The van der Waals surface area contributed by atoms with E-state index < -0.39 is 0 Å². The van der Waals surface area contributed by atoms with Gasteiger partial charge in [0.05, 0.1) is 19.3 Å². The maximum absolute atomic E-state index is 11.9. The molecule has 1 aromatic rings. The Hall–Kier alpha value is -1.55. The van der Waals surface area contributed by atoms with Crippen LogP contribution >= 0.6 is 0 Å². The van der Waals surface area contributed by atoms with Gasteiger partial charge in [-0.05, 0) is 31.0 Å². The second-order valence-electron chi connectivity index (χ2n) is 4.83. The number of carbonyl (C=O) groups is 1. The number of hydrogen-bond acceptors (Lipinski definition) is 3. The molecule has 1 amide bonds. The number of amides is 1. The number of rotatable bonds is 2. The van der Waals surface area contributed by atoms with Crippen LogP contribution in [0.25, 0.3) is 0 Å². The molecule has 0 aliphatic carbocycles. The molecule has 4 heteroatoms. The zero-order chi connectivity index (χ0) is 11.8. The number of benzene rings is 1. The van der Waals surface area contributed by atoms with E-state index >= 15 is 0 Å². The van der Waals surface area contributed by atoms with Crippen molar-refractivity contribution in [1.82, 2.24) is 5.32 Å². The highest BCUT2D eigenvalue weighted by atomic mass is 16.5. The molecule has 1 atom stereocenters. The van der Waals surface area contributed by atoms with Gasteiger partial charge in [-0.2, -0.15) is 0 Å². The first kappa shape index (κ1) is 10.6. The lowest BCUT2D eigenvalue weighted by Gasteiger charge is -2.29. The van der Waals surface area contributed by atoms with E-state index in [4.69, 9.17) is 4.74 Å². The Bertz CT molecular complexity index is 455. The molecule has 2 N–H and O–H groups in total. The van der Waals surface area contributed by atoms with Crippen LogP contribution in [0, 0.1) is 0 Å². The molecule has 2 heterocycles. The minimum Gasteiger partial charge on any atom is -0.378 e. The maximum Gasteiger partial charge on any atom is 0.251 e. The van der Waals surface area contributed by atoms with Crippen molar-refractivity contribution in [3.63, 3.8) is 0 Å². The Kier molecular flexibility index (Phi) is 2.52. The largest absolute Gasteiger partial charge is 0.378 e. The van der Waals surface area contributed by atoms with Gasteiger partial charge in [-0.25, -0.2) is 0 Å². The van der Waals surface area contributed by atoms with Crippen molar-refractivity contribution in [2.24, 2.45) is 0 Å².